The molecule has 0 radical (unpaired) electrons. The van der Waals surface area contributed by atoms with Gasteiger partial charge in [-0.15, -0.1) is 0 Å². The molecule has 1 aliphatic rings. The van der Waals surface area contributed by atoms with Crippen LogP contribution in [0.25, 0.3) is 0 Å². The van der Waals surface area contributed by atoms with Crippen molar-refractivity contribution < 1.29 is 17.6 Å². The van der Waals surface area contributed by atoms with Gasteiger partial charge in [-0.2, -0.15) is 4.31 Å². The molecule has 1 heterocycles. The van der Waals surface area contributed by atoms with E-state index in [2.05, 4.69) is 29.6 Å². The molecule has 1 fully saturated rings. The monoisotopic (exact) mass is 480 g/mol. The van der Waals surface area contributed by atoms with Gasteiger partial charge < -0.3 is 5.32 Å². The third-order valence-corrected chi connectivity index (χ3v) is 8.38. The molecule has 1 aliphatic heterocycles. The van der Waals surface area contributed by atoms with E-state index in [4.69, 9.17) is 0 Å². The van der Waals surface area contributed by atoms with Crippen molar-refractivity contribution in [2.75, 3.05) is 13.1 Å². The zero-order valence-corrected chi connectivity index (χ0v) is 19.9. The Hall–Kier alpha value is -3.03. The van der Waals surface area contributed by atoms with Crippen molar-refractivity contribution in [1.82, 2.24) is 9.62 Å². The number of carbonyl (C=O) groups excluding carboxylic acids is 1. The van der Waals surface area contributed by atoms with E-state index in [9.17, 15) is 17.6 Å². The van der Waals surface area contributed by atoms with Gasteiger partial charge in [-0.1, -0.05) is 60.7 Å². The maximum Gasteiger partial charge on any atom is 0.243 e. The highest BCUT2D eigenvalue weighted by atomic mass is 32.2. The fraction of sp³-hybridized carbons (Fsp3) is 0.296. The lowest BCUT2D eigenvalue weighted by Crippen LogP contribution is -2.46. The van der Waals surface area contributed by atoms with Crippen LogP contribution in [-0.2, 0) is 14.8 Å². The van der Waals surface area contributed by atoms with E-state index in [1.54, 1.807) is 0 Å². The molecule has 1 unspecified atom stereocenters. The molecule has 3 aromatic rings. The topological polar surface area (TPSA) is 66.5 Å². The second-order valence-electron chi connectivity index (χ2n) is 8.73. The first kappa shape index (κ1) is 24.1. The summed E-state index contributed by atoms with van der Waals surface area (Å²) < 4.78 is 40.3. The van der Waals surface area contributed by atoms with Crippen LogP contribution in [0.1, 0.15) is 36.8 Å². The molecule has 0 spiro atoms. The summed E-state index contributed by atoms with van der Waals surface area (Å²) in [4.78, 5) is 13.2. The Balaban J connectivity index is 1.41. The van der Waals surface area contributed by atoms with Gasteiger partial charge in [0.2, 0.25) is 15.9 Å². The van der Waals surface area contributed by atoms with Crippen molar-refractivity contribution in [2.24, 2.45) is 5.92 Å². The van der Waals surface area contributed by atoms with E-state index in [0.29, 0.717) is 12.8 Å². The summed E-state index contributed by atoms with van der Waals surface area (Å²) in [5, 5.41) is 3.19. The van der Waals surface area contributed by atoms with Gasteiger partial charge in [-0.05, 0) is 55.2 Å². The molecule has 0 aromatic heterocycles. The highest BCUT2D eigenvalue weighted by Gasteiger charge is 2.33. The summed E-state index contributed by atoms with van der Waals surface area (Å²) in [6.45, 7) is 2.52. The van der Waals surface area contributed by atoms with E-state index in [1.807, 2.05) is 43.3 Å². The molecular weight excluding hydrogens is 451 g/mol. The Bertz CT molecular complexity index is 1150. The molecule has 5 nitrogen and oxygen atoms in total. The highest BCUT2D eigenvalue weighted by Crippen LogP contribution is 2.29. The van der Waals surface area contributed by atoms with Crippen molar-refractivity contribution in [3.63, 3.8) is 0 Å². The molecule has 1 atom stereocenters. The molecule has 1 saturated heterocycles. The standard InChI is InChI=1S/C27H29FN2O3S/c1-20(26(21-8-4-2-5-9-21)22-10-6-3-7-11-22)29-27(31)23-16-18-30(19-17-23)34(32,33)25-14-12-24(28)13-15-25/h2-15,20,23,26H,16-19H2,1H3,(H,29,31). The lowest BCUT2D eigenvalue weighted by Gasteiger charge is -2.32. The molecule has 1 N–H and O–H groups in total. The third kappa shape index (κ3) is 5.37. The number of amides is 1. The fourth-order valence-corrected chi connectivity index (χ4v) is 6.10. The molecule has 0 saturated carbocycles. The van der Waals surface area contributed by atoms with Gasteiger partial charge in [0, 0.05) is 31.0 Å². The van der Waals surface area contributed by atoms with Crippen molar-refractivity contribution in [3.05, 3.63) is 102 Å². The Kier molecular flexibility index (Phi) is 7.44. The predicted molar refractivity (Wildman–Crippen MR) is 130 cm³/mol. The molecule has 1 amide bonds. The Morgan fingerprint density at radius 3 is 1.88 bits per heavy atom. The molecular formula is C27H29FN2O3S. The second kappa shape index (κ2) is 10.5. The van der Waals surface area contributed by atoms with Crippen LogP contribution in [0.2, 0.25) is 0 Å². The molecule has 178 valence electrons. The van der Waals surface area contributed by atoms with Gasteiger partial charge in [-0.25, -0.2) is 12.8 Å². The van der Waals surface area contributed by atoms with Crippen LogP contribution in [0, 0.1) is 11.7 Å². The quantitative estimate of drug-likeness (QED) is 0.539. The number of hydrogen-bond donors (Lipinski definition) is 1. The van der Waals surface area contributed by atoms with E-state index < -0.39 is 15.8 Å². The average molecular weight is 481 g/mol. The Morgan fingerprint density at radius 1 is 0.882 bits per heavy atom. The zero-order chi connectivity index (χ0) is 24.1. The highest BCUT2D eigenvalue weighted by molar-refractivity contribution is 7.89. The molecule has 7 heteroatoms. The number of carbonyl (C=O) groups is 1. The van der Waals surface area contributed by atoms with Gasteiger partial charge in [0.15, 0.2) is 0 Å². The number of hydrogen-bond acceptors (Lipinski definition) is 3. The maximum absolute atomic E-state index is 13.2. The normalized spacial score (nSPS) is 16.3. The predicted octanol–water partition coefficient (Wildman–Crippen LogP) is 4.56. The van der Waals surface area contributed by atoms with Crippen LogP contribution in [0.5, 0.6) is 0 Å². The minimum atomic E-state index is -3.70. The zero-order valence-electron chi connectivity index (χ0n) is 19.1. The summed E-state index contributed by atoms with van der Waals surface area (Å²) in [6, 6.07) is 24.9. The molecule has 3 aromatic carbocycles. The van der Waals surface area contributed by atoms with E-state index in [-0.39, 0.29) is 41.8 Å². The SMILES string of the molecule is CC(NC(=O)C1CCN(S(=O)(=O)c2ccc(F)cc2)CC1)C(c1ccccc1)c1ccccc1. The van der Waals surface area contributed by atoms with Crippen LogP contribution in [0.4, 0.5) is 4.39 Å². The van der Waals surface area contributed by atoms with Crippen molar-refractivity contribution in [2.45, 2.75) is 36.6 Å². The summed E-state index contributed by atoms with van der Waals surface area (Å²) in [5.41, 5.74) is 2.25. The molecule has 34 heavy (non-hydrogen) atoms. The third-order valence-electron chi connectivity index (χ3n) is 6.46. The summed E-state index contributed by atoms with van der Waals surface area (Å²) in [5.74, 6) is -0.782. The lowest BCUT2D eigenvalue weighted by atomic mass is 9.85. The van der Waals surface area contributed by atoms with E-state index in [0.717, 1.165) is 23.3 Å². The number of benzene rings is 3. The first-order valence-corrected chi connectivity index (χ1v) is 13.0. The Labute approximate surface area is 200 Å². The van der Waals surface area contributed by atoms with Crippen LogP contribution >= 0.6 is 0 Å². The number of nitrogens with zero attached hydrogens (tertiary/aromatic N) is 1. The molecule has 0 bridgehead atoms. The first-order valence-electron chi connectivity index (χ1n) is 11.5. The second-order valence-corrected chi connectivity index (χ2v) is 10.7. The van der Waals surface area contributed by atoms with Crippen molar-refractivity contribution in [3.8, 4) is 0 Å². The lowest BCUT2D eigenvalue weighted by molar-refractivity contribution is -0.126. The number of piperidine rings is 1. The maximum atomic E-state index is 13.2. The van der Waals surface area contributed by atoms with Crippen LogP contribution in [0.15, 0.2) is 89.8 Å². The van der Waals surface area contributed by atoms with Crippen LogP contribution in [-0.4, -0.2) is 37.8 Å². The smallest absolute Gasteiger partial charge is 0.243 e. The average Bonchev–Trinajstić information content (AvgIpc) is 2.86. The van der Waals surface area contributed by atoms with Gasteiger partial charge in [-0.3, -0.25) is 4.79 Å². The van der Waals surface area contributed by atoms with Crippen molar-refractivity contribution in [1.29, 1.82) is 0 Å². The van der Waals surface area contributed by atoms with Gasteiger partial charge in [0.05, 0.1) is 4.90 Å². The number of nitrogens with one attached hydrogen (secondary N) is 1. The van der Waals surface area contributed by atoms with Gasteiger partial charge in [0.25, 0.3) is 0 Å². The van der Waals surface area contributed by atoms with Crippen LogP contribution in [0.3, 0.4) is 0 Å². The summed E-state index contributed by atoms with van der Waals surface area (Å²) in [6.07, 6.45) is 0.890. The number of halogens is 1. The van der Waals surface area contributed by atoms with Crippen molar-refractivity contribution >= 4 is 15.9 Å². The summed E-state index contributed by atoms with van der Waals surface area (Å²) >= 11 is 0. The minimum absolute atomic E-state index is 0.00490. The Morgan fingerprint density at radius 2 is 1.38 bits per heavy atom. The molecule has 0 aliphatic carbocycles. The van der Waals surface area contributed by atoms with E-state index in [1.165, 1.54) is 16.4 Å². The number of sulfonamides is 1. The van der Waals surface area contributed by atoms with Gasteiger partial charge >= 0.3 is 0 Å². The van der Waals surface area contributed by atoms with Gasteiger partial charge in [0.1, 0.15) is 5.82 Å². The molecule has 4 rings (SSSR count). The fourth-order valence-electron chi connectivity index (χ4n) is 4.63. The van der Waals surface area contributed by atoms with Crippen LogP contribution < -0.4 is 5.32 Å². The largest absolute Gasteiger partial charge is 0.352 e. The summed E-state index contributed by atoms with van der Waals surface area (Å²) in [7, 11) is -3.70. The first-order chi connectivity index (χ1) is 16.4. The number of rotatable bonds is 7. The van der Waals surface area contributed by atoms with E-state index >= 15 is 0 Å². The minimum Gasteiger partial charge on any atom is -0.352 e.